The number of carbonyl (C=O) groups excluding carboxylic acids is 1. The summed E-state index contributed by atoms with van der Waals surface area (Å²) in [6, 6.07) is 14.1. The van der Waals surface area contributed by atoms with Gasteiger partial charge in [0, 0.05) is 51.1 Å². The molecule has 0 aliphatic carbocycles. The summed E-state index contributed by atoms with van der Waals surface area (Å²) in [5.41, 5.74) is 3.93. The second kappa shape index (κ2) is 9.45. The van der Waals surface area contributed by atoms with Crippen molar-refractivity contribution < 1.29 is 13.9 Å². The van der Waals surface area contributed by atoms with Gasteiger partial charge in [-0.15, -0.1) is 0 Å². The van der Waals surface area contributed by atoms with E-state index >= 15 is 0 Å². The van der Waals surface area contributed by atoms with Crippen molar-refractivity contribution in [3.05, 3.63) is 71.7 Å². The average molecular weight is 449 g/mol. The molecule has 2 aliphatic rings. The van der Waals surface area contributed by atoms with Crippen molar-refractivity contribution in [1.29, 1.82) is 0 Å². The number of amides is 1. The van der Waals surface area contributed by atoms with Gasteiger partial charge in [-0.05, 0) is 50.1 Å². The fraction of sp³-hybridized carbons (Fsp3) is 0.385. The SMILES string of the molecule is Cc1cccc(-c2nn(-c3ccc(F)cc3)cc2C(=O)N2CCN(C[C@@H]3CCCO3)CC2)c1. The van der Waals surface area contributed by atoms with Crippen LogP contribution in [0, 0.1) is 12.7 Å². The molecule has 7 heteroatoms. The number of aryl methyl sites for hydroxylation is 1. The van der Waals surface area contributed by atoms with Crippen LogP contribution < -0.4 is 0 Å². The summed E-state index contributed by atoms with van der Waals surface area (Å²) in [6.07, 6.45) is 4.37. The summed E-state index contributed by atoms with van der Waals surface area (Å²) >= 11 is 0. The van der Waals surface area contributed by atoms with E-state index in [-0.39, 0.29) is 11.7 Å². The van der Waals surface area contributed by atoms with Crippen LogP contribution in [0.2, 0.25) is 0 Å². The zero-order chi connectivity index (χ0) is 22.8. The van der Waals surface area contributed by atoms with E-state index in [2.05, 4.69) is 4.90 Å². The Morgan fingerprint density at radius 1 is 1.12 bits per heavy atom. The van der Waals surface area contributed by atoms with Crippen LogP contribution in [0.25, 0.3) is 16.9 Å². The van der Waals surface area contributed by atoms with Gasteiger partial charge in [0.15, 0.2) is 0 Å². The molecule has 1 aromatic heterocycles. The summed E-state index contributed by atoms with van der Waals surface area (Å²) in [5, 5.41) is 4.74. The van der Waals surface area contributed by atoms with Gasteiger partial charge in [-0.3, -0.25) is 9.69 Å². The Kier molecular flexibility index (Phi) is 6.24. The lowest BCUT2D eigenvalue weighted by Crippen LogP contribution is -2.50. The molecule has 3 aromatic rings. The Morgan fingerprint density at radius 3 is 2.61 bits per heavy atom. The number of nitrogens with zero attached hydrogens (tertiary/aromatic N) is 4. The maximum Gasteiger partial charge on any atom is 0.257 e. The van der Waals surface area contributed by atoms with E-state index in [1.165, 1.54) is 12.1 Å². The van der Waals surface area contributed by atoms with Crippen LogP contribution in [0.1, 0.15) is 28.8 Å². The molecule has 33 heavy (non-hydrogen) atoms. The van der Waals surface area contributed by atoms with E-state index in [4.69, 9.17) is 9.84 Å². The van der Waals surface area contributed by atoms with E-state index in [0.29, 0.717) is 36.1 Å². The Labute approximate surface area is 193 Å². The molecular weight excluding hydrogens is 419 g/mol. The van der Waals surface area contributed by atoms with Gasteiger partial charge in [-0.2, -0.15) is 5.10 Å². The summed E-state index contributed by atoms with van der Waals surface area (Å²) in [6.45, 7) is 6.88. The molecule has 0 radical (unpaired) electrons. The van der Waals surface area contributed by atoms with Gasteiger partial charge in [-0.1, -0.05) is 23.8 Å². The van der Waals surface area contributed by atoms with Crippen molar-refractivity contribution in [2.24, 2.45) is 0 Å². The molecule has 0 unspecified atom stereocenters. The Balaban J connectivity index is 1.39. The lowest BCUT2D eigenvalue weighted by molar-refractivity contribution is 0.0433. The molecule has 0 saturated carbocycles. The summed E-state index contributed by atoms with van der Waals surface area (Å²) in [4.78, 5) is 17.9. The van der Waals surface area contributed by atoms with Gasteiger partial charge in [-0.25, -0.2) is 9.07 Å². The molecule has 0 bridgehead atoms. The number of hydrogen-bond acceptors (Lipinski definition) is 4. The molecule has 3 heterocycles. The first kappa shape index (κ1) is 21.8. The van der Waals surface area contributed by atoms with Gasteiger partial charge in [0.1, 0.15) is 11.5 Å². The number of carbonyl (C=O) groups is 1. The number of benzene rings is 2. The number of piperazine rings is 1. The molecule has 0 spiro atoms. The Bertz CT molecular complexity index is 1110. The van der Waals surface area contributed by atoms with Crippen LogP contribution in [0.3, 0.4) is 0 Å². The van der Waals surface area contributed by atoms with Gasteiger partial charge in [0.2, 0.25) is 0 Å². The summed E-state index contributed by atoms with van der Waals surface area (Å²) in [7, 11) is 0. The normalized spacial score (nSPS) is 19.2. The molecule has 5 rings (SSSR count). The van der Waals surface area contributed by atoms with Crippen LogP contribution in [-0.2, 0) is 4.74 Å². The second-order valence-electron chi connectivity index (χ2n) is 8.91. The first-order valence-corrected chi connectivity index (χ1v) is 11.6. The van der Waals surface area contributed by atoms with E-state index in [1.54, 1.807) is 23.0 Å². The summed E-state index contributed by atoms with van der Waals surface area (Å²) < 4.78 is 20.9. The van der Waals surface area contributed by atoms with Gasteiger partial charge in [0.25, 0.3) is 5.91 Å². The van der Waals surface area contributed by atoms with Gasteiger partial charge < -0.3 is 9.64 Å². The van der Waals surface area contributed by atoms with Gasteiger partial charge in [0.05, 0.1) is 17.4 Å². The number of rotatable bonds is 5. The highest BCUT2D eigenvalue weighted by atomic mass is 19.1. The van der Waals surface area contributed by atoms with E-state index in [1.807, 2.05) is 36.1 Å². The summed E-state index contributed by atoms with van der Waals surface area (Å²) in [5.74, 6) is -0.321. The molecule has 0 N–H and O–H groups in total. The highest BCUT2D eigenvalue weighted by Crippen LogP contribution is 2.26. The number of ether oxygens (including phenoxy) is 1. The molecule has 1 atom stereocenters. The molecular formula is C26H29FN4O2. The minimum absolute atomic E-state index is 0.0170. The van der Waals surface area contributed by atoms with Crippen molar-refractivity contribution in [2.45, 2.75) is 25.9 Å². The second-order valence-corrected chi connectivity index (χ2v) is 8.91. The standard InChI is InChI=1S/C26H29FN4O2/c1-19-4-2-5-20(16-19)25-24(18-31(28-25)22-9-7-21(27)8-10-22)26(32)30-13-11-29(12-14-30)17-23-6-3-15-33-23/h2,4-5,7-10,16,18,23H,3,6,11-15,17H2,1H3/t23-/m0/s1. The van der Waals surface area contributed by atoms with E-state index < -0.39 is 0 Å². The highest BCUT2D eigenvalue weighted by Gasteiger charge is 2.28. The topological polar surface area (TPSA) is 50.6 Å². The third kappa shape index (κ3) is 4.84. The molecule has 2 aromatic carbocycles. The molecule has 2 saturated heterocycles. The lowest BCUT2D eigenvalue weighted by atomic mass is 10.0. The fourth-order valence-electron chi connectivity index (χ4n) is 4.64. The molecule has 6 nitrogen and oxygen atoms in total. The van der Waals surface area contributed by atoms with Crippen molar-refractivity contribution >= 4 is 5.91 Å². The third-order valence-electron chi connectivity index (χ3n) is 6.47. The highest BCUT2D eigenvalue weighted by molar-refractivity contribution is 6.00. The van der Waals surface area contributed by atoms with Crippen LogP contribution >= 0.6 is 0 Å². The Hall–Kier alpha value is -3.03. The molecule has 172 valence electrons. The number of halogens is 1. The first-order chi connectivity index (χ1) is 16.1. The van der Waals surface area contributed by atoms with Crippen molar-refractivity contribution in [2.75, 3.05) is 39.3 Å². The fourth-order valence-corrected chi connectivity index (χ4v) is 4.64. The number of aromatic nitrogens is 2. The van der Waals surface area contributed by atoms with Gasteiger partial charge >= 0.3 is 0 Å². The largest absolute Gasteiger partial charge is 0.377 e. The molecule has 1 amide bonds. The van der Waals surface area contributed by atoms with E-state index in [0.717, 1.165) is 50.2 Å². The molecule has 2 aliphatic heterocycles. The molecule has 2 fully saturated rings. The quantitative estimate of drug-likeness (QED) is 0.594. The smallest absolute Gasteiger partial charge is 0.257 e. The zero-order valence-electron chi connectivity index (χ0n) is 18.9. The van der Waals surface area contributed by atoms with Crippen LogP contribution in [0.4, 0.5) is 4.39 Å². The monoisotopic (exact) mass is 448 g/mol. The van der Waals surface area contributed by atoms with Crippen LogP contribution in [0.15, 0.2) is 54.7 Å². The lowest BCUT2D eigenvalue weighted by Gasteiger charge is -2.35. The number of hydrogen-bond donors (Lipinski definition) is 0. The maximum atomic E-state index is 13.6. The van der Waals surface area contributed by atoms with Crippen molar-refractivity contribution in [3.63, 3.8) is 0 Å². The predicted octanol–water partition coefficient (Wildman–Crippen LogP) is 3.92. The van der Waals surface area contributed by atoms with Crippen LogP contribution in [0.5, 0.6) is 0 Å². The van der Waals surface area contributed by atoms with Crippen molar-refractivity contribution in [1.82, 2.24) is 19.6 Å². The van der Waals surface area contributed by atoms with Crippen LogP contribution in [-0.4, -0.2) is 70.9 Å². The minimum atomic E-state index is -0.304. The van der Waals surface area contributed by atoms with Crippen molar-refractivity contribution in [3.8, 4) is 16.9 Å². The minimum Gasteiger partial charge on any atom is -0.377 e. The average Bonchev–Trinajstić information content (AvgIpc) is 3.50. The first-order valence-electron chi connectivity index (χ1n) is 11.6. The zero-order valence-corrected chi connectivity index (χ0v) is 18.9. The third-order valence-corrected chi connectivity index (χ3v) is 6.47. The predicted molar refractivity (Wildman–Crippen MR) is 125 cm³/mol. The maximum absolute atomic E-state index is 13.6. The van der Waals surface area contributed by atoms with E-state index in [9.17, 15) is 9.18 Å². The Morgan fingerprint density at radius 2 is 1.91 bits per heavy atom.